The Balaban J connectivity index is 1.52. The van der Waals surface area contributed by atoms with Gasteiger partial charge in [0.05, 0.1) is 27.7 Å². The molecule has 0 aliphatic carbocycles. The standard InChI is InChI=1S/C31H30Cl2N4O4S/c1-17-15-21(16-18(2)28(17)33)41-14-8-11-23-24-12-13-25(32)27(26-19(3)35-36-20(26)4)29(24)34-30(23)31(38)37-42(39,40)22-9-6-5-7-10-22/h5-7,9-10,12-13,15-16,34H,8,11,14H2,1-4H3,(H,35,36)(H,37,38). The zero-order valence-electron chi connectivity index (χ0n) is 23.6. The molecule has 2 heterocycles. The summed E-state index contributed by atoms with van der Waals surface area (Å²) in [5.74, 6) is -0.0575. The second kappa shape index (κ2) is 11.8. The third kappa shape index (κ3) is 5.77. The number of halogens is 2. The minimum Gasteiger partial charge on any atom is -0.494 e. The minimum atomic E-state index is -4.11. The zero-order valence-corrected chi connectivity index (χ0v) is 25.9. The number of hydrogen-bond acceptors (Lipinski definition) is 5. The number of carbonyl (C=O) groups excluding carboxylic acids is 1. The predicted octanol–water partition coefficient (Wildman–Crippen LogP) is 7.23. The molecule has 8 nitrogen and oxygen atoms in total. The van der Waals surface area contributed by atoms with Gasteiger partial charge in [-0.05, 0) is 87.6 Å². The van der Waals surface area contributed by atoms with Crippen LogP contribution in [0.3, 0.4) is 0 Å². The lowest BCUT2D eigenvalue weighted by molar-refractivity contribution is 0.0976. The molecular formula is C31H30Cl2N4O4S. The molecule has 3 N–H and O–H groups in total. The first-order valence-electron chi connectivity index (χ1n) is 13.3. The minimum absolute atomic E-state index is 0.00802. The van der Waals surface area contributed by atoms with Crippen LogP contribution in [0.4, 0.5) is 0 Å². The fraction of sp³-hybridized carbons (Fsp3) is 0.226. The van der Waals surface area contributed by atoms with Crippen LogP contribution < -0.4 is 9.46 Å². The molecule has 42 heavy (non-hydrogen) atoms. The summed E-state index contributed by atoms with van der Waals surface area (Å²) in [7, 11) is -4.11. The van der Waals surface area contributed by atoms with Crippen molar-refractivity contribution < 1.29 is 17.9 Å². The number of H-pyrrole nitrogens is 2. The van der Waals surface area contributed by atoms with Crippen molar-refractivity contribution in [3.63, 3.8) is 0 Å². The van der Waals surface area contributed by atoms with Crippen molar-refractivity contribution in [1.29, 1.82) is 0 Å². The summed E-state index contributed by atoms with van der Waals surface area (Å²) in [4.78, 5) is 16.8. The smallest absolute Gasteiger partial charge is 0.281 e. The van der Waals surface area contributed by atoms with Gasteiger partial charge >= 0.3 is 0 Å². The lowest BCUT2D eigenvalue weighted by atomic mass is 9.98. The summed E-state index contributed by atoms with van der Waals surface area (Å²) in [5, 5.41) is 9.24. The lowest BCUT2D eigenvalue weighted by Gasteiger charge is -2.11. The zero-order chi connectivity index (χ0) is 30.2. The van der Waals surface area contributed by atoms with Crippen molar-refractivity contribution in [1.82, 2.24) is 19.9 Å². The highest BCUT2D eigenvalue weighted by atomic mass is 35.5. The number of ether oxygens (including phenoxy) is 1. The number of benzene rings is 3. The Hall–Kier alpha value is -3.79. The molecule has 0 fully saturated rings. The van der Waals surface area contributed by atoms with E-state index in [1.807, 2.05) is 45.9 Å². The molecule has 0 atom stereocenters. The van der Waals surface area contributed by atoms with Crippen LogP contribution in [0.1, 0.15) is 45.0 Å². The summed E-state index contributed by atoms with van der Waals surface area (Å²) < 4.78 is 34.3. The SMILES string of the molecule is Cc1cc(OCCCc2c(C(=O)NS(=O)(=O)c3ccccc3)[nH]c3c(-c4c(C)n[nH]c4C)c(Cl)ccc23)cc(C)c1Cl. The molecule has 1 amide bonds. The molecule has 0 aliphatic rings. The monoisotopic (exact) mass is 624 g/mol. The van der Waals surface area contributed by atoms with Gasteiger partial charge in [0.15, 0.2) is 0 Å². The number of nitrogens with zero attached hydrogens (tertiary/aromatic N) is 1. The molecule has 5 aromatic rings. The normalized spacial score (nSPS) is 11.7. The Morgan fingerprint density at radius 2 is 1.67 bits per heavy atom. The Labute approximate surface area is 254 Å². The van der Waals surface area contributed by atoms with E-state index in [1.54, 1.807) is 24.3 Å². The predicted molar refractivity (Wildman–Crippen MR) is 166 cm³/mol. The highest BCUT2D eigenvalue weighted by molar-refractivity contribution is 7.90. The molecule has 218 valence electrons. The van der Waals surface area contributed by atoms with Crippen molar-refractivity contribution in [2.45, 2.75) is 45.4 Å². The van der Waals surface area contributed by atoms with Gasteiger partial charge in [0, 0.05) is 27.2 Å². The molecule has 0 aliphatic heterocycles. The first-order chi connectivity index (χ1) is 20.0. The van der Waals surface area contributed by atoms with Crippen molar-refractivity contribution in [3.05, 3.63) is 98.4 Å². The van der Waals surface area contributed by atoms with E-state index in [2.05, 4.69) is 19.9 Å². The summed E-state index contributed by atoms with van der Waals surface area (Å²) in [6.45, 7) is 7.99. The number of fused-ring (bicyclic) bond motifs is 1. The van der Waals surface area contributed by atoms with Crippen LogP contribution in [0.2, 0.25) is 10.0 Å². The van der Waals surface area contributed by atoms with E-state index in [0.29, 0.717) is 51.9 Å². The van der Waals surface area contributed by atoms with Gasteiger partial charge in [0.25, 0.3) is 15.9 Å². The molecule has 0 bridgehead atoms. The number of aromatic amines is 2. The molecule has 0 spiro atoms. The van der Waals surface area contributed by atoms with E-state index >= 15 is 0 Å². The molecule has 0 radical (unpaired) electrons. The Bertz CT molecular complexity index is 1870. The maximum absolute atomic E-state index is 13.6. The summed E-state index contributed by atoms with van der Waals surface area (Å²) in [6.07, 6.45) is 0.991. The molecule has 5 rings (SSSR count). The van der Waals surface area contributed by atoms with Crippen LogP contribution in [0.5, 0.6) is 5.75 Å². The number of rotatable bonds is 9. The van der Waals surface area contributed by atoms with E-state index in [9.17, 15) is 13.2 Å². The van der Waals surface area contributed by atoms with Crippen molar-refractivity contribution >= 4 is 50.0 Å². The van der Waals surface area contributed by atoms with Crippen molar-refractivity contribution in [2.75, 3.05) is 6.61 Å². The van der Waals surface area contributed by atoms with Crippen LogP contribution in [0, 0.1) is 27.7 Å². The van der Waals surface area contributed by atoms with Crippen LogP contribution in [-0.2, 0) is 16.4 Å². The first-order valence-corrected chi connectivity index (χ1v) is 15.6. The topological polar surface area (TPSA) is 117 Å². The van der Waals surface area contributed by atoms with Gasteiger partial charge in [0.2, 0.25) is 0 Å². The van der Waals surface area contributed by atoms with Crippen molar-refractivity contribution in [2.24, 2.45) is 0 Å². The van der Waals surface area contributed by atoms with E-state index in [1.165, 1.54) is 12.1 Å². The molecule has 3 aromatic carbocycles. The summed E-state index contributed by atoms with van der Waals surface area (Å²) >= 11 is 13.0. The number of carbonyl (C=O) groups is 1. The summed E-state index contributed by atoms with van der Waals surface area (Å²) in [6, 6.07) is 15.2. The van der Waals surface area contributed by atoms with E-state index in [0.717, 1.165) is 33.5 Å². The van der Waals surface area contributed by atoms with Crippen LogP contribution in [0.15, 0.2) is 59.5 Å². The Morgan fingerprint density at radius 3 is 2.31 bits per heavy atom. The Morgan fingerprint density at radius 1 is 0.976 bits per heavy atom. The van der Waals surface area contributed by atoms with Gasteiger partial charge in [-0.3, -0.25) is 9.89 Å². The number of hydrogen-bond donors (Lipinski definition) is 3. The fourth-order valence-electron chi connectivity index (χ4n) is 5.17. The lowest BCUT2D eigenvalue weighted by Crippen LogP contribution is -2.31. The number of nitrogens with one attached hydrogen (secondary N) is 3. The second-order valence-electron chi connectivity index (χ2n) is 10.2. The van der Waals surface area contributed by atoms with E-state index in [-0.39, 0.29) is 10.6 Å². The highest BCUT2D eigenvalue weighted by Crippen LogP contribution is 2.40. The second-order valence-corrected chi connectivity index (χ2v) is 12.7. The van der Waals surface area contributed by atoms with Crippen LogP contribution >= 0.6 is 23.2 Å². The molecule has 0 saturated carbocycles. The third-order valence-electron chi connectivity index (χ3n) is 7.17. The quantitative estimate of drug-likeness (QED) is 0.150. The number of aryl methyl sites for hydroxylation is 5. The van der Waals surface area contributed by atoms with Gasteiger partial charge < -0.3 is 9.72 Å². The van der Waals surface area contributed by atoms with Gasteiger partial charge in [-0.1, -0.05) is 47.5 Å². The first kappa shape index (κ1) is 29.7. The average molecular weight is 626 g/mol. The Kier molecular flexibility index (Phi) is 8.37. The van der Waals surface area contributed by atoms with Gasteiger partial charge in [0.1, 0.15) is 11.4 Å². The highest BCUT2D eigenvalue weighted by Gasteiger charge is 2.26. The maximum Gasteiger partial charge on any atom is 0.281 e. The molecule has 0 saturated heterocycles. The molecule has 0 unspecified atom stereocenters. The molecule has 2 aromatic heterocycles. The summed E-state index contributed by atoms with van der Waals surface area (Å²) in [5.41, 5.74) is 6.35. The van der Waals surface area contributed by atoms with E-state index in [4.69, 9.17) is 27.9 Å². The van der Waals surface area contributed by atoms with Gasteiger partial charge in [-0.2, -0.15) is 5.10 Å². The van der Waals surface area contributed by atoms with E-state index < -0.39 is 15.9 Å². The maximum atomic E-state index is 13.6. The number of sulfonamides is 1. The molecule has 11 heteroatoms. The third-order valence-corrected chi connectivity index (χ3v) is 9.42. The average Bonchev–Trinajstić information content (AvgIpc) is 3.49. The fourth-order valence-corrected chi connectivity index (χ4v) is 6.51. The van der Waals surface area contributed by atoms with Crippen LogP contribution in [0.25, 0.3) is 22.0 Å². The molecular weight excluding hydrogens is 595 g/mol. The van der Waals surface area contributed by atoms with Crippen molar-refractivity contribution in [3.8, 4) is 16.9 Å². The largest absolute Gasteiger partial charge is 0.494 e. The van der Waals surface area contributed by atoms with Gasteiger partial charge in [-0.15, -0.1) is 0 Å². The van der Waals surface area contributed by atoms with Crippen LogP contribution in [-0.4, -0.2) is 36.1 Å². The number of amides is 1. The van der Waals surface area contributed by atoms with Gasteiger partial charge in [-0.25, -0.2) is 13.1 Å². The number of aromatic nitrogens is 3.